The summed E-state index contributed by atoms with van der Waals surface area (Å²) in [5.74, 6) is 0.169. The molecule has 0 fully saturated rings. The molecule has 5 heteroatoms. The number of benzene rings is 1. The zero-order valence-corrected chi connectivity index (χ0v) is 10.2. The van der Waals surface area contributed by atoms with Gasteiger partial charge in [-0.25, -0.2) is 4.79 Å². The highest BCUT2D eigenvalue weighted by Crippen LogP contribution is 2.28. The van der Waals surface area contributed by atoms with Crippen molar-refractivity contribution in [2.45, 2.75) is 18.4 Å². The number of esters is 1. The molecule has 1 aliphatic rings. The second-order valence-corrected chi connectivity index (χ2v) is 6.64. The molecule has 0 aliphatic carbocycles. The number of thiol groups is 1. The fourth-order valence-corrected chi connectivity index (χ4v) is 4.00. The molecule has 4 nitrogen and oxygen atoms in total. The van der Waals surface area contributed by atoms with Crippen molar-refractivity contribution in [1.29, 1.82) is 0 Å². The van der Waals surface area contributed by atoms with E-state index in [-0.39, 0.29) is 0 Å². The lowest BCUT2D eigenvalue weighted by Crippen LogP contribution is -2.26. The third-order valence-corrected chi connectivity index (χ3v) is 5.62. The second kappa shape index (κ2) is 3.99. The zero-order valence-electron chi connectivity index (χ0n) is 9.32. The summed E-state index contributed by atoms with van der Waals surface area (Å²) in [5.41, 5.74) is 1.47. The Morgan fingerprint density at radius 3 is 2.94 bits per heavy atom. The first-order valence-electron chi connectivity index (χ1n) is 5.16. The zero-order chi connectivity index (χ0) is 11.8. The van der Waals surface area contributed by atoms with Crippen LogP contribution in [0.25, 0.3) is 0 Å². The number of ether oxygens (including phenoxy) is 1. The molecule has 88 valence electrons. The number of fused-ring (bicyclic) bond motifs is 1. The summed E-state index contributed by atoms with van der Waals surface area (Å²) in [7, 11) is -1.14. The SMILES string of the molecule is CC[SH]1(=O)NCc2ccc(C(=O)OC)cc21. The van der Waals surface area contributed by atoms with Crippen LogP contribution in [0.5, 0.6) is 0 Å². The second-order valence-electron chi connectivity index (χ2n) is 3.73. The summed E-state index contributed by atoms with van der Waals surface area (Å²) in [5, 5.41) is 0. The number of nitrogens with one attached hydrogen (secondary N) is 1. The van der Waals surface area contributed by atoms with Crippen LogP contribution < -0.4 is 4.72 Å². The number of hydrogen-bond acceptors (Lipinski definition) is 3. The van der Waals surface area contributed by atoms with Crippen LogP contribution in [0.3, 0.4) is 0 Å². The number of carbonyl (C=O) groups is 1. The van der Waals surface area contributed by atoms with Crippen LogP contribution in [0.2, 0.25) is 0 Å². The van der Waals surface area contributed by atoms with Crippen LogP contribution in [0.4, 0.5) is 0 Å². The van der Waals surface area contributed by atoms with Crippen LogP contribution in [-0.4, -0.2) is 23.0 Å². The Morgan fingerprint density at radius 2 is 2.31 bits per heavy atom. The highest BCUT2D eigenvalue weighted by molar-refractivity contribution is 8.01. The fourth-order valence-electron chi connectivity index (χ4n) is 1.87. The summed E-state index contributed by atoms with van der Waals surface area (Å²) >= 11 is 0. The molecule has 0 saturated carbocycles. The molecule has 0 saturated heterocycles. The third-order valence-electron chi connectivity index (χ3n) is 2.87. The molecule has 1 aromatic rings. The first kappa shape index (κ1) is 11.3. The van der Waals surface area contributed by atoms with Gasteiger partial charge in [-0.05, 0) is 27.8 Å². The van der Waals surface area contributed by atoms with E-state index in [0.29, 0.717) is 17.9 Å². The molecule has 1 aliphatic heterocycles. The van der Waals surface area contributed by atoms with E-state index in [0.717, 1.165) is 10.5 Å². The molecular weight excluding hydrogens is 226 g/mol. The van der Waals surface area contributed by atoms with E-state index in [4.69, 9.17) is 0 Å². The Kier molecular flexibility index (Phi) is 2.82. The molecule has 1 heterocycles. The molecule has 0 amide bonds. The van der Waals surface area contributed by atoms with Gasteiger partial charge in [0.15, 0.2) is 0 Å². The van der Waals surface area contributed by atoms with Gasteiger partial charge < -0.3 is 4.74 Å². The van der Waals surface area contributed by atoms with Gasteiger partial charge in [-0.15, -0.1) is 0 Å². The van der Waals surface area contributed by atoms with E-state index in [2.05, 4.69) is 9.46 Å². The predicted molar refractivity (Wildman–Crippen MR) is 63.0 cm³/mol. The molecule has 1 N–H and O–H groups in total. The molecular formula is C11H15NO3S. The topological polar surface area (TPSA) is 55.4 Å². The summed E-state index contributed by atoms with van der Waals surface area (Å²) in [6, 6.07) is 5.23. The maximum absolute atomic E-state index is 12.4. The number of methoxy groups -OCH3 is 1. The predicted octanol–water partition coefficient (Wildman–Crippen LogP) is 0.887. The third kappa shape index (κ3) is 1.66. The van der Waals surface area contributed by atoms with E-state index in [9.17, 15) is 9.00 Å². The largest absolute Gasteiger partial charge is 0.465 e. The molecule has 0 aromatic heterocycles. The van der Waals surface area contributed by atoms with Crippen molar-refractivity contribution in [2.24, 2.45) is 0 Å². The van der Waals surface area contributed by atoms with Gasteiger partial charge in [0.1, 0.15) is 0 Å². The molecule has 0 radical (unpaired) electrons. The highest BCUT2D eigenvalue weighted by atomic mass is 32.3. The minimum Gasteiger partial charge on any atom is -0.465 e. The van der Waals surface area contributed by atoms with Gasteiger partial charge in [0, 0.05) is 17.2 Å². The van der Waals surface area contributed by atoms with E-state index >= 15 is 0 Å². The minimum absolute atomic E-state index is 0.391. The summed E-state index contributed by atoms with van der Waals surface area (Å²) in [6.45, 7) is 2.50. The van der Waals surface area contributed by atoms with Crippen LogP contribution in [0.1, 0.15) is 22.8 Å². The minimum atomic E-state index is -2.48. The standard InChI is InChI=1S/C11H15NO3S/c1-3-16(14)10-6-8(11(13)15-2)4-5-9(10)7-12-16/h4-6,16H,3,7H2,1-2H3,(H,12,14). The van der Waals surface area contributed by atoms with Crippen LogP contribution >= 0.6 is 0 Å². The van der Waals surface area contributed by atoms with Crippen molar-refractivity contribution in [3.8, 4) is 0 Å². The van der Waals surface area contributed by atoms with E-state index in [1.807, 2.05) is 13.0 Å². The first-order chi connectivity index (χ1) is 7.60. The maximum Gasteiger partial charge on any atom is 0.337 e. The van der Waals surface area contributed by atoms with Gasteiger partial charge in [0.2, 0.25) is 0 Å². The van der Waals surface area contributed by atoms with Gasteiger partial charge in [-0.2, -0.15) is 0 Å². The fraction of sp³-hybridized carbons (Fsp3) is 0.364. The van der Waals surface area contributed by atoms with Crippen LogP contribution in [0, 0.1) is 0 Å². The van der Waals surface area contributed by atoms with Crippen LogP contribution in [0.15, 0.2) is 23.1 Å². The van der Waals surface area contributed by atoms with Crippen molar-refractivity contribution >= 4 is 16.1 Å². The molecule has 0 atom stereocenters. The number of carbonyl (C=O) groups excluding carboxylic acids is 1. The Balaban J connectivity index is 2.50. The number of rotatable bonds is 2. The normalized spacial score (nSPS) is 18.9. The van der Waals surface area contributed by atoms with E-state index in [1.54, 1.807) is 12.1 Å². The Hall–Kier alpha value is -1.20. The Labute approximate surface area is 95.6 Å². The van der Waals surface area contributed by atoms with E-state index in [1.165, 1.54) is 7.11 Å². The quantitative estimate of drug-likeness (QED) is 0.597. The van der Waals surface area contributed by atoms with Gasteiger partial charge in [0.05, 0.1) is 12.7 Å². The van der Waals surface area contributed by atoms with E-state index < -0.39 is 16.1 Å². The molecule has 0 bridgehead atoms. The molecule has 16 heavy (non-hydrogen) atoms. The number of hydrogen-bond donors (Lipinski definition) is 2. The lowest BCUT2D eigenvalue weighted by atomic mass is 10.1. The van der Waals surface area contributed by atoms with Crippen molar-refractivity contribution in [3.05, 3.63) is 29.3 Å². The van der Waals surface area contributed by atoms with Crippen molar-refractivity contribution in [2.75, 3.05) is 12.9 Å². The maximum atomic E-state index is 12.4. The van der Waals surface area contributed by atoms with Crippen LogP contribution in [-0.2, 0) is 21.4 Å². The first-order valence-corrected chi connectivity index (χ1v) is 7.06. The lowest BCUT2D eigenvalue weighted by Gasteiger charge is -2.17. The Morgan fingerprint density at radius 1 is 1.56 bits per heavy atom. The molecule has 0 unspecified atom stereocenters. The van der Waals surface area contributed by atoms with Gasteiger partial charge in [-0.1, -0.05) is 13.0 Å². The summed E-state index contributed by atoms with van der Waals surface area (Å²) < 4.78 is 20.1. The van der Waals surface area contributed by atoms with Crippen molar-refractivity contribution < 1.29 is 13.7 Å². The molecule has 0 spiro atoms. The molecule has 1 aromatic carbocycles. The van der Waals surface area contributed by atoms with Crippen molar-refractivity contribution in [3.63, 3.8) is 0 Å². The monoisotopic (exact) mass is 241 g/mol. The highest BCUT2D eigenvalue weighted by Gasteiger charge is 2.26. The lowest BCUT2D eigenvalue weighted by molar-refractivity contribution is 0.0600. The Bertz CT molecular complexity index is 484. The van der Waals surface area contributed by atoms with Gasteiger partial charge >= 0.3 is 5.97 Å². The molecule has 2 rings (SSSR count). The van der Waals surface area contributed by atoms with Gasteiger partial charge in [0.25, 0.3) is 0 Å². The summed E-state index contributed by atoms with van der Waals surface area (Å²) in [6.07, 6.45) is 0. The van der Waals surface area contributed by atoms with Gasteiger partial charge in [-0.3, -0.25) is 8.93 Å². The van der Waals surface area contributed by atoms with Crippen molar-refractivity contribution in [1.82, 2.24) is 4.72 Å². The smallest absolute Gasteiger partial charge is 0.337 e. The average Bonchev–Trinajstić information content (AvgIpc) is 2.66. The summed E-state index contributed by atoms with van der Waals surface area (Å²) in [4.78, 5) is 12.2. The average molecular weight is 241 g/mol.